The maximum Gasteiger partial charge on any atom is 0.339 e. The number of carbonyl (C=O) groups is 1. The first-order valence-electron chi connectivity index (χ1n) is 6.98. The standard InChI is InChI=1S/C15H20BrNO3/c1-9-12(15(19)20-3)10(2)17(14(18)13(9)16)11-7-5-4-6-8-11/h11H,4-8H2,1-3H3. The lowest BCUT2D eigenvalue weighted by molar-refractivity contribution is 0.0597. The molecule has 0 aromatic carbocycles. The Morgan fingerprint density at radius 3 is 2.40 bits per heavy atom. The molecule has 5 heteroatoms. The summed E-state index contributed by atoms with van der Waals surface area (Å²) < 4.78 is 7.11. The summed E-state index contributed by atoms with van der Waals surface area (Å²) in [4.78, 5) is 24.5. The predicted octanol–water partition coefficient (Wildman–Crippen LogP) is 3.52. The molecule has 1 aromatic rings. The molecule has 4 nitrogen and oxygen atoms in total. The molecule has 0 saturated heterocycles. The van der Waals surface area contributed by atoms with Crippen molar-refractivity contribution in [1.29, 1.82) is 0 Å². The van der Waals surface area contributed by atoms with Crippen molar-refractivity contribution < 1.29 is 9.53 Å². The highest BCUT2D eigenvalue weighted by molar-refractivity contribution is 9.10. The first kappa shape index (κ1) is 15.3. The highest BCUT2D eigenvalue weighted by Crippen LogP contribution is 2.30. The van der Waals surface area contributed by atoms with Gasteiger partial charge in [0.25, 0.3) is 5.56 Å². The summed E-state index contributed by atoms with van der Waals surface area (Å²) in [6, 6.07) is 0.191. The smallest absolute Gasteiger partial charge is 0.339 e. The minimum atomic E-state index is -0.384. The van der Waals surface area contributed by atoms with Crippen LogP contribution in [0.3, 0.4) is 0 Å². The van der Waals surface area contributed by atoms with Crippen LogP contribution in [0, 0.1) is 13.8 Å². The summed E-state index contributed by atoms with van der Waals surface area (Å²) in [7, 11) is 1.37. The van der Waals surface area contributed by atoms with Crippen LogP contribution in [0.1, 0.15) is 59.8 Å². The highest BCUT2D eigenvalue weighted by atomic mass is 79.9. The fraction of sp³-hybridized carbons (Fsp3) is 0.600. The molecule has 110 valence electrons. The summed E-state index contributed by atoms with van der Waals surface area (Å²) in [5.74, 6) is -0.384. The molecule has 0 spiro atoms. The van der Waals surface area contributed by atoms with Crippen LogP contribution in [0.15, 0.2) is 9.27 Å². The molecular weight excluding hydrogens is 322 g/mol. The molecule has 1 fully saturated rings. The number of pyridine rings is 1. The molecular formula is C15H20BrNO3. The summed E-state index contributed by atoms with van der Waals surface area (Å²) >= 11 is 3.34. The number of rotatable bonds is 2. The van der Waals surface area contributed by atoms with Gasteiger partial charge in [0.2, 0.25) is 0 Å². The van der Waals surface area contributed by atoms with Crippen LogP contribution in [-0.4, -0.2) is 17.6 Å². The molecule has 1 aromatic heterocycles. The van der Waals surface area contributed by atoms with Gasteiger partial charge >= 0.3 is 5.97 Å². The van der Waals surface area contributed by atoms with E-state index in [1.54, 1.807) is 11.5 Å². The third-order valence-electron chi connectivity index (χ3n) is 4.16. The van der Waals surface area contributed by atoms with Gasteiger partial charge in [-0.05, 0) is 48.2 Å². The van der Waals surface area contributed by atoms with Crippen molar-refractivity contribution >= 4 is 21.9 Å². The maximum atomic E-state index is 12.5. The van der Waals surface area contributed by atoms with Gasteiger partial charge in [-0.3, -0.25) is 4.79 Å². The van der Waals surface area contributed by atoms with E-state index in [1.165, 1.54) is 13.5 Å². The monoisotopic (exact) mass is 341 g/mol. The molecule has 0 amide bonds. The number of esters is 1. The normalized spacial score (nSPS) is 16.2. The van der Waals surface area contributed by atoms with Crippen LogP contribution in [0.4, 0.5) is 0 Å². The molecule has 1 heterocycles. The Hall–Kier alpha value is -1.10. The highest BCUT2D eigenvalue weighted by Gasteiger charge is 2.25. The van der Waals surface area contributed by atoms with E-state index < -0.39 is 0 Å². The van der Waals surface area contributed by atoms with Gasteiger partial charge in [-0.25, -0.2) is 4.79 Å². The maximum absolute atomic E-state index is 12.5. The number of halogens is 1. The Morgan fingerprint density at radius 1 is 1.25 bits per heavy atom. The van der Waals surface area contributed by atoms with Crippen LogP contribution >= 0.6 is 15.9 Å². The Bertz CT molecular complexity index is 586. The molecule has 1 saturated carbocycles. The zero-order chi connectivity index (χ0) is 14.9. The van der Waals surface area contributed by atoms with Crippen molar-refractivity contribution in [2.24, 2.45) is 0 Å². The Kier molecular flexibility index (Phi) is 4.68. The molecule has 20 heavy (non-hydrogen) atoms. The number of ether oxygens (including phenoxy) is 1. The van der Waals surface area contributed by atoms with E-state index in [0.29, 0.717) is 15.6 Å². The van der Waals surface area contributed by atoms with Crippen LogP contribution < -0.4 is 5.56 Å². The van der Waals surface area contributed by atoms with Gasteiger partial charge in [-0.1, -0.05) is 19.3 Å². The van der Waals surface area contributed by atoms with Crippen molar-refractivity contribution in [2.45, 2.75) is 52.0 Å². The van der Waals surface area contributed by atoms with Gasteiger partial charge in [-0.15, -0.1) is 0 Å². The van der Waals surface area contributed by atoms with E-state index in [9.17, 15) is 9.59 Å². The van der Waals surface area contributed by atoms with Crippen LogP contribution in [0.2, 0.25) is 0 Å². The topological polar surface area (TPSA) is 48.3 Å². The molecule has 0 aliphatic heterocycles. The van der Waals surface area contributed by atoms with E-state index >= 15 is 0 Å². The van der Waals surface area contributed by atoms with Crippen LogP contribution in [-0.2, 0) is 4.74 Å². The van der Waals surface area contributed by atoms with E-state index in [2.05, 4.69) is 15.9 Å². The Balaban J connectivity index is 2.64. The molecule has 0 atom stereocenters. The lowest BCUT2D eigenvalue weighted by Gasteiger charge is -2.27. The number of hydrogen-bond acceptors (Lipinski definition) is 3. The van der Waals surface area contributed by atoms with Crippen LogP contribution in [0.5, 0.6) is 0 Å². The third kappa shape index (κ3) is 2.55. The molecule has 2 rings (SSSR count). The summed E-state index contributed by atoms with van der Waals surface area (Å²) in [5.41, 5.74) is 1.84. The van der Waals surface area contributed by atoms with Crippen molar-refractivity contribution in [3.8, 4) is 0 Å². The quantitative estimate of drug-likeness (QED) is 0.773. The lowest BCUT2D eigenvalue weighted by Crippen LogP contribution is -2.31. The molecule has 0 unspecified atom stereocenters. The molecule has 0 radical (unpaired) electrons. The summed E-state index contributed by atoms with van der Waals surface area (Å²) in [6.07, 6.45) is 5.49. The summed E-state index contributed by atoms with van der Waals surface area (Å²) in [6.45, 7) is 3.61. The fourth-order valence-electron chi connectivity index (χ4n) is 3.10. The zero-order valence-corrected chi connectivity index (χ0v) is 13.7. The predicted molar refractivity (Wildman–Crippen MR) is 81.3 cm³/mol. The number of aromatic nitrogens is 1. The number of carbonyl (C=O) groups excluding carboxylic acids is 1. The second kappa shape index (κ2) is 6.12. The van der Waals surface area contributed by atoms with E-state index in [0.717, 1.165) is 31.4 Å². The number of nitrogens with zero attached hydrogens (tertiary/aromatic N) is 1. The minimum Gasteiger partial charge on any atom is -0.465 e. The first-order valence-corrected chi connectivity index (χ1v) is 7.77. The third-order valence-corrected chi connectivity index (χ3v) is 5.10. The van der Waals surface area contributed by atoms with E-state index in [-0.39, 0.29) is 17.6 Å². The van der Waals surface area contributed by atoms with Gasteiger partial charge in [0.05, 0.1) is 17.1 Å². The van der Waals surface area contributed by atoms with Gasteiger partial charge in [0.1, 0.15) is 0 Å². The molecule has 0 bridgehead atoms. The van der Waals surface area contributed by atoms with Crippen LogP contribution in [0.25, 0.3) is 0 Å². The lowest BCUT2D eigenvalue weighted by atomic mass is 9.94. The van der Waals surface area contributed by atoms with Gasteiger partial charge in [0, 0.05) is 11.7 Å². The largest absolute Gasteiger partial charge is 0.465 e. The first-order chi connectivity index (χ1) is 9.49. The van der Waals surface area contributed by atoms with Crippen molar-refractivity contribution in [2.75, 3.05) is 7.11 Å². The van der Waals surface area contributed by atoms with Crippen molar-refractivity contribution in [3.63, 3.8) is 0 Å². The SMILES string of the molecule is COC(=O)c1c(C)c(Br)c(=O)n(C2CCCCC2)c1C. The van der Waals surface area contributed by atoms with Gasteiger partial charge in [-0.2, -0.15) is 0 Å². The molecule has 1 aliphatic carbocycles. The number of methoxy groups -OCH3 is 1. The average Bonchev–Trinajstić information content (AvgIpc) is 2.46. The fourth-order valence-corrected chi connectivity index (χ4v) is 3.49. The Morgan fingerprint density at radius 2 is 1.85 bits per heavy atom. The molecule has 0 N–H and O–H groups in total. The Labute approximate surface area is 127 Å². The summed E-state index contributed by atoms with van der Waals surface area (Å²) in [5, 5.41) is 0. The van der Waals surface area contributed by atoms with Crippen molar-refractivity contribution in [3.05, 3.63) is 31.6 Å². The van der Waals surface area contributed by atoms with E-state index in [4.69, 9.17) is 4.74 Å². The zero-order valence-electron chi connectivity index (χ0n) is 12.2. The van der Waals surface area contributed by atoms with Gasteiger partial charge < -0.3 is 9.30 Å². The minimum absolute atomic E-state index is 0.0421. The van der Waals surface area contributed by atoms with Crippen molar-refractivity contribution in [1.82, 2.24) is 4.57 Å². The second-order valence-corrected chi connectivity index (χ2v) is 6.15. The van der Waals surface area contributed by atoms with Gasteiger partial charge in [0.15, 0.2) is 0 Å². The number of hydrogen-bond donors (Lipinski definition) is 0. The second-order valence-electron chi connectivity index (χ2n) is 5.36. The van der Waals surface area contributed by atoms with E-state index in [1.807, 2.05) is 6.92 Å². The molecule has 1 aliphatic rings. The average molecular weight is 342 g/mol.